The van der Waals surface area contributed by atoms with Crippen LogP contribution in [0.3, 0.4) is 0 Å². The first kappa shape index (κ1) is 26.1. The van der Waals surface area contributed by atoms with Crippen LogP contribution < -0.4 is 14.2 Å². The molecule has 1 aliphatic rings. The average Bonchev–Trinajstić information content (AvgIpc) is 3.16. The molecule has 11 heteroatoms. The third-order valence-electron chi connectivity index (χ3n) is 5.33. The summed E-state index contributed by atoms with van der Waals surface area (Å²) in [5, 5.41) is 11.4. The number of ether oxygens (including phenoxy) is 3. The standard InChI is InChI=1S/C26H21ClN2O7S/c1-34-23-14-17(6-11-22(23)36-16-18-4-2-3-5-21(18)29(32)33)15-24-25(30)28(26(31)37-24)12-13-35-20-9-7-19(27)8-10-20/h2-11,14-15H,12-13,16H2,1H3/b24-15-. The number of nitrogens with zero attached hydrogens (tertiary/aromatic N) is 2. The summed E-state index contributed by atoms with van der Waals surface area (Å²) in [5.41, 5.74) is 1.01. The van der Waals surface area contributed by atoms with E-state index in [-0.39, 0.29) is 35.6 Å². The summed E-state index contributed by atoms with van der Waals surface area (Å²) in [6, 6.07) is 18.1. The summed E-state index contributed by atoms with van der Waals surface area (Å²) in [7, 11) is 1.46. The number of halogens is 1. The Morgan fingerprint density at radius 1 is 1.03 bits per heavy atom. The van der Waals surface area contributed by atoms with Crippen molar-refractivity contribution >= 4 is 46.3 Å². The minimum Gasteiger partial charge on any atom is -0.493 e. The molecule has 0 aromatic heterocycles. The van der Waals surface area contributed by atoms with Crippen LogP contribution in [0.5, 0.6) is 17.2 Å². The summed E-state index contributed by atoms with van der Waals surface area (Å²) in [6.07, 6.45) is 1.60. The van der Waals surface area contributed by atoms with Gasteiger partial charge in [0.1, 0.15) is 19.0 Å². The molecule has 0 aliphatic carbocycles. The fourth-order valence-corrected chi connectivity index (χ4v) is 4.48. The van der Waals surface area contributed by atoms with Gasteiger partial charge in [0, 0.05) is 11.1 Å². The topological polar surface area (TPSA) is 108 Å². The summed E-state index contributed by atoms with van der Waals surface area (Å²) in [4.78, 5) is 37.4. The molecule has 0 radical (unpaired) electrons. The lowest BCUT2D eigenvalue weighted by atomic mass is 10.1. The molecule has 1 aliphatic heterocycles. The van der Waals surface area contributed by atoms with Crippen LogP contribution in [0.1, 0.15) is 11.1 Å². The molecule has 0 spiro atoms. The van der Waals surface area contributed by atoms with Crippen molar-refractivity contribution in [2.45, 2.75) is 6.61 Å². The molecule has 1 heterocycles. The first-order valence-corrected chi connectivity index (χ1v) is 12.2. The van der Waals surface area contributed by atoms with Crippen LogP contribution in [0.2, 0.25) is 5.02 Å². The quantitative estimate of drug-likeness (QED) is 0.176. The monoisotopic (exact) mass is 540 g/mol. The van der Waals surface area contributed by atoms with Crippen LogP contribution >= 0.6 is 23.4 Å². The summed E-state index contributed by atoms with van der Waals surface area (Å²) in [5.74, 6) is 0.932. The van der Waals surface area contributed by atoms with E-state index in [1.165, 1.54) is 13.2 Å². The Kier molecular flexibility index (Phi) is 8.32. The van der Waals surface area contributed by atoms with Crippen molar-refractivity contribution in [1.29, 1.82) is 0 Å². The lowest BCUT2D eigenvalue weighted by Crippen LogP contribution is -2.32. The van der Waals surface area contributed by atoms with Crippen LogP contribution in [0.25, 0.3) is 6.08 Å². The number of carbonyl (C=O) groups excluding carboxylic acids is 2. The fourth-order valence-electron chi connectivity index (χ4n) is 3.49. The van der Waals surface area contributed by atoms with Gasteiger partial charge in [-0.05, 0) is 65.9 Å². The van der Waals surface area contributed by atoms with Gasteiger partial charge in [-0.25, -0.2) is 0 Å². The number of methoxy groups -OCH3 is 1. The summed E-state index contributed by atoms with van der Waals surface area (Å²) in [6.45, 7) is 0.225. The highest BCUT2D eigenvalue weighted by Gasteiger charge is 2.34. The number of hydrogen-bond acceptors (Lipinski definition) is 8. The molecule has 1 saturated heterocycles. The van der Waals surface area contributed by atoms with Crippen molar-refractivity contribution in [1.82, 2.24) is 4.90 Å². The van der Waals surface area contributed by atoms with Crippen molar-refractivity contribution in [3.05, 3.63) is 97.9 Å². The Balaban J connectivity index is 1.41. The molecule has 37 heavy (non-hydrogen) atoms. The van der Waals surface area contributed by atoms with Crippen LogP contribution in [0.15, 0.2) is 71.6 Å². The van der Waals surface area contributed by atoms with Gasteiger partial charge in [0.2, 0.25) is 0 Å². The first-order chi connectivity index (χ1) is 17.9. The van der Waals surface area contributed by atoms with Crippen molar-refractivity contribution in [3.8, 4) is 17.2 Å². The largest absolute Gasteiger partial charge is 0.493 e. The van der Waals surface area contributed by atoms with Crippen LogP contribution in [-0.2, 0) is 11.4 Å². The van der Waals surface area contributed by atoms with Gasteiger partial charge in [0.05, 0.1) is 29.0 Å². The van der Waals surface area contributed by atoms with Gasteiger partial charge in [0.25, 0.3) is 16.8 Å². The lowest BCUT2D eigenvalue weighted by molar-refractivity contribution is -0.385. The zero-order chi connectivity index (χ0) is 26.4. The number of para-hydroxylation sites is 1. The van der Waals surface area contributed by atoms with Crippen molar-refractivity contribution in [3.63, 3.8) is 0 Å². The number of nitro benzene ring substituents is 1. The van der Waals surface area contributed by atoms with E-state index in [2.05, 4.69) is 0 Å². The first-order valence-electron chi connectivity index (χ1n) is 11.0. The Bertz CT molecular complexity index is 1360. The molecule has 9 nitrogen and oxygen atoms in total. The van der Waals surface area contributed by atoms with E-state index < -0.39 is 10.8 Å². The van der Waals surface area contributed by atoms with Gasteiger partial charge in [-0.3, -0.25) is 24.6 Å². The molecule has 2 amide bonds. The van der Waals surface area contributed by atoms with Crippen molar-refractivity contribution in [2.24, 2.45) is 0 Å². The summed E-state index contributed by atoms with van der Waals surface area (Å²) >= 11 is 6.70. The molecule has 0 saturated carbocycles. The molecule has 0 unspecified atom stereocenters. The van der Waals surface area contributed by atoms with E-state index in [1.807, 2.05) is 0 Å². The molecule has 0 atom stereocenters. The van der Waals surface area contributed by atoms with E-state index >= 15 is 0 Å². The Hall–Kier alpha value is -4.02. The van der Waals surface area contributed by atoms with E-state index in [0.717, 1.165) is 16.7 Å². The lowest BCUT2D eigenvalue weighted by Gasteiger charge is -2.13. The molecule has 3 aromatic carbocycles. The van der Waals surface area contributed by atoms with Gasteiger partial charge in [-0.1, -0.05) is 29.8 Å². The molecule has 190 valence electrons. The van der Waals surface area contributed by atoms with Crippen LogP contribution in [0.4, 0.5) is 10.5 Å². The average molecular weight is 541 g/mol. The van der Waals surface area contributed by atoms with Gasteiger partial charge in [-0.15, -0.1) is 0 Å². The normalized spacial score (nSPS) is 14.2. The number of rotatable bonds is 10. The Morgan fingerprint density at radius 2 is 1.78 bits per heavy atom. The number of imide groups is 1. The predicted molar refractivity (Wildman–Crippen MR) is 140 cm³/mol. The zero-order valence-electron chi connectivity index (χ0n) is 19.6. The maximum atomic E-state index is 12.8. The van der Waals surface area contributed by atoms with E-state index in [4.69, 9.17) is 25.8 Å². The van der Waals surface area contributed by atoms with Crippen molar-refractivity contribution < 1.29 is 28.7 Å². The molecular weight excluding hydrogens is 520 g/mol. The zero-order valence-corrected chi connectivity index (χ0v) is 21.2. The number of benzene rings is 3. The molecule has 0 N–H and O–H groups in total. The highest BCUT2D eigenvalue weighted by molar-refractivity contribution is 8.18. The van der Waals surface area contributed by atoms with Crippen LogP contribution in [-0.4, -0.2) is 41.2 Å². The predicted octanol–water partition coefficient (Wildman–Crippen LogP) is 5.95. The number of thioether (sulfide) groups is 1. The second-order valence-corrected chi connectivity index (χ2v) is 9.15. The Morgan fingerprint density at radius 3 is 2.51 bits per heavy atom. The maximum absolute atomic E-state index is 12.8. The van der Waals surface area contributed by atoms with Crippen molar-refractivity contribution in [2.75, 3.05) is 20.3 Å². The smallest absolute Gasteiger partial charge is 0.293 e. The fraction of sp³-hybridized carbons (Fsp3) is 0.154. The van der Waals surface area contributed by atoms with E-state index in [9.17, 15) is 19.7 Å². The number of nitro groups is 1. The van der Waals surface area contributed by atoms with Gasteiger partial charge >= 0.3 is 0 Å². The third-order valence-corrected chi connectivity index (χ3v) is 6.49. The SMILES string of the molecule is COc1cc(/C=C2\SC(=O)N(CCOc3ccc(Cl)cc3)C2=O)ccc1OCc1ccccc1[N+](=O)[O-]. The van der Waals surface area contributed by atoms with Gasteiger partial charge in [0.15, 0.2) is 11.5 Å². The summed E-state index contributed by atoms with van der Waals surface area (Å²) < 4.78 is 16.8. The second kappa shape index (κ2) is 11.8. The Labute approximate surface area is 221 Å². The molecule has 1 fully saturated rings. The second-order valence-electron chi connectivity index (χ2n) is 7.72. The molecule has 0 bridgehead atoms. The number of hydrogen-bond donors (Lipinski definition) is 0. The number of carbonyl (C=O) groups is 2. The molecule has 3 aromatic rings. The highest BCUT2D eigenvalue weighted by Crippen LogP contribution is 2.35. The minimum atomic E-state index is -0.462. The third kappa shape index (κ3) is 6.41. The maximum Gasteiger partial charge on any atom is 0.293 e. The van der Waals surface area contributed by atoms with Gasteiger partial charge < -0.3 is 14.2 Å². The molecule has 4 rings (SSSR count). The molecular formula is C26H21ClN2O7S. The van der Waals surface area contributed by atoms with E-state index in [1.54, 1.807) is 66.7 Å². The number of amides is 2. The van der Waals surface area contributed by atoms with Gasteiger partial charge in [-0.2, -0.15) is 0 Å². The highest BCUT2D eigenvalue weighted by atomic mass is 35.5. The van der Waals surface area contributed by atoms with Crippen LogP contribution in [0, 0.1) is 10.1 Å². The minimum absolute atomic E-state index is 0.0240. The van der Waals surface area contributed by atoms with E-state index in [0.29, 0.717) is 33.4 Å².